The maximum absolute atomic E-state index is 14.0. The van der Waals surface area contributed by atoms with Gasteiger partial charge < -0.3 is 10.2 Å². The number of carbonyl (C=O) groups is 2. The van der Waals surface area contributed by atoms with E-state index in [0.717, 1.165) is 15.4 Å². The van der Waals surface area contributed by atoms with E-state index in [0.29, 0.717) is 12.1 Å². The molecule has 1 N–H and O–H groups in total. The van der Waals surface area contributed by atoms with Gasteiger partial charge in [-0.3, -0.25) is 13.9 Å². The summed E-state index contributed by atoms with van der Waals surface area (Å²) in [6.45, 7) is 9.18. The van der Waals surface area contributed by atoms with Gasteiger partial charge in [0.05, 0.1) is 10.6 Å². The van der Waals surface area contributed by atoms with E-state index < -0.39 is 34.1 Å². The zero-order chi connectivity index (χ0) is 27.9. The fourth-order valence-electron chi connectivity index (χ4n) is 4.22. The first-order chi connectivity index (χ1) is 17.9. The number of carbonyl (C=O) groups excluding carboxylic acids is 2. The van der Waals surface area contributed by atoms with Gasteiger partial charge in [-0.05, 0) is 63.9 Å². The van der Waals surface area contributed by atoms with Crippen molar-refractivity contribution in [3.63, 3.8) is 0 Å². The molecule has 1 atom stereocenters. The second-order valence-electron chi connectivity index (χ2n) is 10.3. The Morgan fingerprint density at radius 1 is 0.895 bits per heavy atom. The van der Waals surface area contributed by atoms with Crippen molar-refractivity contribution < 1.29 is 18.0 Å². The Balaban J connectivity index is 2.04. The molecular weight excluding hydrogens is 498 g/mol. The number of aryl methyl sites for hydroxylation is 1. The minimum atomic E-state index is -4.06. The van der Waals surface area contributed by atoms with E-state index in [2.05, 4.69) is 5.32 Å². The van der Waals surface area contributed by atoms with Gasteiger partial charge >= 0.3 is 0 Å². The molecule has 0 heterocycles. The second kappa shape index (κ2) is 12.3. The molecule has 3 aromatic carbocycles. The summed E-state index contributed by atoms with van der Waals surface area (Å²) in [6, 6.07) is 23.5. The predicted molar refractivity (Wildman–Crippen MR) is 151 cm³/mol. The molecule has 7 nitrogen and oxygen atoms in total. The number of benzene rings is 3. The normalized spacial score (nSPS) is 12.4. The number of amides is 2. The monoisotopic (exact) mass is 535 g/mol. The highest BCUT2D eigenvalue weighted by atomic mass is 32.2. The van der Waals surface area contributed by atoms with Crippen LogP contribution in [0.3, 0.4) is 0 Å². The lowest BCUT2D eigenvalue weighted by atomic mass is 10.0. The SMILES string of the molecule is CCC(C(=O)NC(C)(C)C)N(Cc1cccc(C)c1)C(=O)CN(c1ccccc1)S(=O)(=O)c1ccccc1. The third kappa shape index (κ3) is 7.44. The molecule has 0 saturated heterocycles. The van der Waals surface area contributed by atoms with Gasteiger partial charge in [0.2, 0.25) is 11.8 Å². The van der Waals surface area contributed by atoms with E-state index in [9.17, 15) is 18.0 Å². The van der Waals surface area contributed by atoms with Gasteiger partial charge in [0.25, 0.3) is 10.0 Å². The van der Waals surface area contributed by atoms with Crippen LogP contribution in [0, 0.1) is 6.92 Å². The molecule has 0 fully saturated rings. The van der Waals surface area contributed by atoms with Gasteiger partial charge in [-0.1, -0.05) is 73.2 Å². The highest BCUT2D eigenvalue weighted by Gasteiger charge is 2.34. The molecular formula is C30H37N3O4S. The van der Waals surface area contributed by atoms with Crippen molar-refractivity contribution in [1.82, 2.24) is 10.2 Å². The number of hydrogen-bond donors (Lipinski definition) is 1. The standard InChI is InChI=1S/C30H37N3O4S/c1-6-27(29(35)31-30(3,4)5)32(21-24-15-13-14-23(2)20-24)28(34)22-33(25-16-9-7-10-17-25)38(36,37)26-18-11-8-12-19-26/h7-20,27H,6,21-22H2,1-5H3,(H,31,35). The van der Waals surface area contributed by atoms with Crippen LogP contribution >= 0.6 is 0 Å². The van der Waals surface area contributed by atoms with Crippen LogP contribution in [0.5, 0.6) is 0 Å². The van der Waals surface area contributed by atoms with Crippen LogP contribution in [0.15, 0.2) is 89.8 Å². The summed E-state index contributed by atoms with van der Waals surface area (Å²) in [4.78, 5) is 28.9. The Labute approximate surface area is 226 Å². The summed E-state index contributed by atoms with van der Waals surface area (Å²) in [7, 11) is -4.06. The van der Waals surface area contributed by atoms with E-state index in [1.54, 1.807) is 48.5 Å². The minimum absolute atomic E-state index is 0.0828. The zero-order valence-electron chi connectivity index (χ0n) is 22.7. The van der Waals surface area contributed by atoms with Crippen molar-refractivity contribution in [2.75, 3.05) is 10.8 Å². The fraction of sp³-hybridized carbons (Fsp3) is 0.333. The molecule has 1 unspecified atom stereocenters. The molecule has 0 radical (unpaired) electrons. The number of nitrogens with zero attached hydrogens (tertiary/aromatic N) is 2. The quantitative estimate of drug-likeness (QED) is 0.400. The van der Waals surface area contributed by atoms with E-state index in [1.807, 2.05) is 58.9 Å². The highest BCUT2D eigenvalue weighted by Crippen LogP contribution is 2.24. The lowest BCUT2D eigenvalue weighted by Crippen LogP contribution is -2.55. The van der Waals surface area contributed by atoms with Gasteiger partial charge in [-0.25, -0.2) is 8.42 Å². The van der Waals surface area contributed by atoms with Crippen molar-refractivity contribution in [1.29, 1.82) is 0 Å². The molecule has 38 heavy (non-hydrogen) atoms. The van der Waals surface area contributed by atoms with Crippen molar-refractivity contribution in [2.45, 2.75) is 64.1 Å². The number of nitrogens with one attached hydrogen (secondary N) is 1. The van der Waals surface area contributed by atoms with Crippen LogP contribution in [0.4, 0.5) is 5.69 Å². The number of sulfonamides is 1. The smallest absolute Gasteiger partial charge is 0.264 e. The summed E-state index contributed by atoms with van der Waals surface area (Å²) < 4.78 is 28.6. The third-order valence-corrected chi connectivity index (χ3v) is 7.76. The van der Waals surface area contributed by atoms with Gasteiger partial charge in [0.1, 0.15) is 12.6 Å². The molecule has 0 aromatic heterocycles. The first kappa shape index (κ1) is 28.9. The molecule has 3 aromatic rings. The van der Waals surface area contributed by atoms with Crippen LogP contribution in [-0.2, 0) is 26.2 Å². The molecule has 202 valence electrons. The van der Waals surface area contributed by atoms with E-state index in [-0.39, 0.29) is 17.3 Å². The van der Waals surface area contributed by atoms with E-state index in [4.69, 9.17) is 0 Å². The molecule has 0 spiro atoms. The Bertz CT molecular complexity index is 1340. The molecule has 0 aliphatic rings. The molecule has 0 bridgehead atoms. The Morgan fingerprint density at radius 3 is 2.05 bits per heavy atom. The lowest BCUT2D eigenvalue weighted by molar-refractivity contribution is -0.141. The van der Waals surface area contributed by atoms with Crippen molar-refractivity contribution in [3.8, 4) is 0 Å². The first-order valence-corrected chi connectivity index (χ1v) is 14.2. The molecule has 8 heteroatoms. The summed E-state index contributed by atoms with van der Waals surface area (Å²) in [5.74, 6) is -0.746. The average molecular weight is 536 g/mol. The van der Waals surface area contributed by atoms with Crippen LogP contribution in [0.1, 0.15) is 45.2 Å². The van der Waals surface area contributed by atoms with Crippen LogP contribution in [-0.4, -0.2) is 43.3 Å². The highest BCUT2D eigenvalue weighted by molar-refractivity contribution is 7.92. The second-order valence-corrected chi connectivity index (χ2v) is 12.2. The van der Waals surface area contributed by atoms with Gasteiger partial charge in [-0.2, -0.15) is 0 Å². The molecule has 3 rings (SSSR count). The number of hydrogen-bond acceptors (Lipinski definition) is 4. The van der Waals surface area contributed by atoms with Crippen LogP contribution in [0.25, 0.3) is 0 Å². The average Bonchev–Trinajstić information content (AvgIpc) is 2.87. The topological polar surface area (TPSA) is 86.8 Å². The van der Waals surface area contributed by atoms with E-state index in [1.165, 1.54) is 17.0 Å². The minimum Gasteiger partial charge on any atom is -0.350 e. The van der Waals surface area contributed by atoms with Gasteiger partial charge in [-0.15, -0.1) is 0 Å². The van der Waals surface area contributed by atoms with Crippen LogP contribution in [0.2, 0.25) is 0 Å². The Kier molecular flexibility index (Phi) is 9.33. The van der Waals surface area contributed by atoms with Crippen molar-refractivity contribution >= 4 is 27.5 Å². The summed E-state index contributed by atoms with van der Waals surface area (Å²) in [5, 5.41) is 2.98. The number of para-hydroxylation sites is 1. The fourth-order valence-corrected chi connectivity index (χ4v) is 5.66. The van der Waals surface area contributed by atoms with Crippen molar-refractivity contribution in [2.24, 2.45) is 0 Å². The molecule has 0 saturated carbocycles. The maximum atomic E-state index is 14.0. The molecule has 2 amide bonds. The molecule has 0 aliphatic carbocycles. The summed E-state index contributed by atoms with van der Waals surface area (Å²) >= 11 is 0. The van der Waals surface area contributed by atoms with Gasteiger partial charge in [0, 0.05) is 12.1 Å². The number of anilines is 1. The number of rotatable bonds is 10. The summed E-state index contributed by atoms with van der Waals surface area (Å²) in [5.41, 5.74) is 1.76. The van der Waals surface area contributed by atoms with Crippen molar-refractivity contribution in [3.05, 3.63) is 96.1 Å². The Morgan fingerprint density at radius 2 is 1.50 bits per heavy atom. The van der Waals surface area contributed by atoms with Gasteiger partial charge in [0.15, 0.2) is 0 Å². The maximum Gasteiger partial charge on any atom is 0.264 e. The lowest BCUT2D eigenvalue weighted by Gasteiger charge is -2.34. The Hall–Kier alpha value is -3.65. The first-order valence-electron chi connectivity index (χ1n) is 12.7. The van der Waals surface area contributed by atoms with E-state index >= 15 is 0 Å². The largest absolute Gasteiger partial charge is 0.350 e. The van der Waals surface area contributed by atoms with Crippen LogP contribution < -0.4 is 9.62 Å². The zero-order valence-corrected chi connectivity index (χ0v) is 23.5. The molecule has 0 aliphatic heterocycles. The third-order valence-electron chi connectivity index (χ3n) is 5.97. The summed E-state index contributed by atoms with van der Waals surface area (Å²) in [6.07, 6.45) is 0.371. The predicted octanol–water partition coefficient (Wildman–Crippen LogP) is 4.91.